The molecule has 1 N–H and O–H groups in total. The van der Waals surface area contributed by atoms with E-state index in [-0.39, 0.29) is 49.1 Å². The van der Waals surface area contributed by atoms with Gasteiger partial charge in [-0.25, -0.2) is 14.6 Å². The van der Waals surface area contributed by atoms with Crippen LogP contribution in [0.3, 0.4) is 0 Å². The highest BCUT2D eigenvalue weighted by atomic mass is 32.2. The Morgan fingerprint density at radius 2 is 2.00 bits per heavy atom. The molecule has 3 rings (SSSR count). The average Bonchev–Trinajstić information content (AvgIpc) is 3.55. The van der Waals surface area contributed by atoms with Crippen LogP contribution >= 0.6 is 23.1 Å². The number of amides is 3. The van der Waals surface area contributed by atoms with E-state index in [9.17, 15) is 19.2 Å². The van der Waals surface area contributed by atoms with Crippen LogP contribution in [0.4, 0.5) is 9.59 Å². The zero-order chi connectivity index (χ0) is 26.2. The molecule has 0 bridgehead atoms. The third-order valence-corrected chi connectivity index (χ3v) is 7.27. The van der Waals surface area contributed by atoms with Crippen LogP contribution < -0.4 is 5.32 Å². The molecule has 2 aromatic heterocycles. The number of imidazole rings is 1. The van der Waals surface area contributed by atoms with Gasteiger partial charge in [-0.1, -0.05) is 37.1 Å². The molecule has 1 aliphatic rings. The van der Waals surface area contributed by atoms with Crippen LogP contribution in [-0.4, -0.2) is 80.5 Å². The summed E-state index contributed by atoms with van der Waals surface area (Å²) < 4.78 is 12.0. The summed E-state index contributed by atoms with van der Waals surface area (Å²) in [5, 5.41) is 4.29. The van der Waals surface area contributed by atoms with Crippen LogP contribution in [0.2, 0.25) is 0 Å². The zero-order valence-corrected chi connectivity index (χ0v) is 21.8. The second-order valence-corrected chi connectivity index (χ2v) is 10.4. The van der Waals surface area contributed by atoms with Crippen LogP contribution in [-0.2, 0) is 32.2 Å². The number of ether oxygens (including phenoxy) is 2. The van der Waals surface area contributed by atoms with E-state index in [1.54, 1.807) is 13.2 Å². The molecule has 0 spiro atoms. The molecular weight excluding hydrogens is 506 g/mol. The van der Waals surface area contributed by atoms with Gasteiger partial charge in [0.05, 0.1) is 25.0 Å². The van der Waals surface area contributed by atoms with Gasteiger partial charge in [0.1, 0.15) is 29.9 Å². The van der Waals surface area contributed by atoms with Crippen molar-refractivity contribution >= 4 is 51.1 Å². The Bertz CT molecular complexity index is 1150. The molecule has 36 heavy (non-hydrogen) atoms. The molecule has 13 heteroatoms. The molecule has 1 fully saturated rings. The molecule has 2 atom stereocenters. The number of fused-ring (bicyclic) bond motifs is 1. The lowest BCUT2D eigenvalue weighted by Crippen LogP contribution is -2.46. The number of likely N-dealkylation sites (tertiary alicyclic amines) is 1. The molecule has 0 radical (unpaired) electrons. The smallest absolute Gasteiger partial charge is 0.410 e. The fourth-order valence-electron chi connectivity index (χ4n) is 3.86. The number of rotatable bonds is 10. The van der Waals surface area contributed by atoms with E-state index < -0.39 is 18.2 Å². The van der Waals surface area contributed by atoms with Crippen LogP contribution in [0.5, 0.6) is 0 Å². The van der Waals surface area contributed by atoms with Gasteiger partial charge in [0.25, 0.3) is 0 Å². The van der Waals surface area contributed by atoms with E-state index in [0.29, 0.717) is 12.2 Å². The number of thioether (sulfide) groups is 1. The second kappa shape index (κ2) is 12.6. The standard InChI is InChI=1S/C23H29N5O6S2/c1-5-7-33-22(31)25-10-19-24-11-20-28(19)16(14-35-20)12-26(4)21(30)18-9-17(36-15(3)29)13-27(18)23(32)34-8-6-2/h5-6,11,14,17-18H,1-2,7-10,12-13H2,3-4H3,(H,25,31)/t17-,18-/m0/s1. The first-order valence-corrected chi connectivity index (χ1v) is 12.9. The zero-order valence-electron chi connectivity index (χ0n) is 20.2. The second-order valence-electron chi connectivity index (χ2n) is 8.01. The van der Waals surface area contributed by atoms with Gasteiger partial charge < -0.3 is 19.7 Å². The van der Waals surface area contributed by atoms with Crippen LogP contribution in [0.1, 0.15) is 24.9 Å². The van der Waals surface area contributed by atoms with E-state index >= 15 is 0 Å². The monoisotopic (exact) mass is 535 g/mol. The molecule has 1 aliphatic heterocycles. The van der Waals surface area contributed by atoms with Crippen molar-refractivity contribution in [1.29, 1.82) is 0 Å². The largest absolute Gasteiger partial charge is 0.445 e. The predicted molar refractivity (Wildman–Crippen MR) is 137 cm³/mol. The Morgan fingerprint density at radius 1 is 1.28 bits per heavy atom. The van der Waals surface area contributed by atoms with Crippen LogP contribution in [0.15, 0.2) is 36.9 Å². The Balaban J connectivity index is 1.72. The van der Waals surface area contributed by atoms with Crippen molar-refractivity contribution in [3.8, 4) is 0 Å². The molecule has 0 aromatic carbocycles. The average molecular weight is 536 g/mol. The van der Waals surface area contributed by atoms with Gasteiger partial charge in [0, 0.05) is 31.1 Å². The maximum atomic E-state index is 13.4. The summed E-state index contributed by atoms with van der Waals surface area (Å²) >= 11 is 2.58. The summed E-state index contributed by atoms with van der Waals surface area (Å²) in [6.07, 6.45) is 3.78. The van der Waals surface area contributed by atoms with E-state index in [4.69, 9.17) is 9.47 Å². The van der Waals surface area contributed by atoms with E-state index in [1.165, 1.54) is 40.2 Å². The number of thiazole rings is 1. The first-order valence-electron chi connectivity index (χ1n) is 11.2. The SMILES string of the molecule is C=CCOC(=O)NCc1ncc2scc(CN(C)C(=O)[C@@H]3C[C@H](SC(C)=O)CN3C(=O)OCC=C)n12. The van der Waals surface area contributed by atoms with Crippen molar-refractivity contribution in [2.45, 2.75) is 37.7 Å². The van der Waals surface area contributed by atoms with Gasteiger partial charge in [-0.05, 0) is 6.42 Å². The molecule has 11 nitrogen and oxygen atoms in total. The molecule has 3 amide bonds. The number of alkyl carbamates (subject to hydrolysis) is 1. The van der Waals surface area contributed by atoms with Crippen molar-refractivity contribution in [1.82, 2.24) is 24.5 Å². The Morgan fingerprint density at radius 3 is 2.69 bits per heavy atom. The fraction of sp³-hybridized carbons (Fsp3) is 0.435. The van der Waals surface area contributed by atoms with E-state index in [1.807, 2.05) is 9.78 Å². The van der Waals surface area contributed by atoms with Crippen LogP contribution in [0.25, 0.3) is 4.83 Å². The lowest BCUT2D eigenvalue weighted by Gasteiger charge is -2.27. The molecule has 2 aromatic rings. The predicted octanol–water partition coefficient (Wildman–Crippen LogP) is 2.81. The molecule has 0 saturated carbocycles. The minimum atomic E-state index is -0.748. The molecule has 194 valence electrons. The van der Waals surface area contributed by atoms with Gasteiger partial charge in [-0.3, -0.25) is 18.9 Å². The normalized spacial score (nSPS) is 17.0. The summed E-state index contributed by atoms with van der Waals surface area (Å²) in [7, 11) is 1.66. The van der Waals surface area contributed by atoms with Gasteiger partial charge in [0.15, 0.2) is 5.12 Å². The topological polar surface area (TPSA) is 123 Å². The van der Waals surface area contributed by atoms with Gasteiger partial charge >= 0.3 is 12.2 Å². The van der Waals surface area contributed by atoms with Crippen molar-refractivity contribution in [2.75, 3.05) is 26.8 Å². The lowest BCUT2D eigenvalue weighted by atomic mass is 10.2. The number of likely N-dealkylation sites (N-methyl/N-ethyl adjacent to an activating group) is 1. The fourth-order valence-corrected chi connectivity index (χ4v) is 5.72. The maximum absolute atomic E-state index is 13.4. The molecule has 3 heterocycles. The highest BCUT2D eigenvalue weighted by Gasteiger charge is 2.42. The highest BCUT2D eigenvalue weighted by Crippen LogP contribution is 2.30. The minimum Gasteiger partial charge on any atom is -0.445 e. The maximum Gasteiger partial charge on any atom is 0.410 e. The summed E-state index contributed by atoms with van der Waals surface area (Å²) in [5.41, 5.74) is 0.799. The van der Waals surface area contributed by atoms with Crippen molar-refractivity contribution < 1.29 is 28.7 Å². The summed E-state index contributed by atoms with van der Waals surface area (Å²) in [6.45, 7) is 9.27. The number of nitrogens with zero attached hydrogens (tertiary/aromatic N) is 4. The Hall–Kier alpha value is -3.32. The Labute approximate surface area is 217 Å². The first kappa shape index (κ1) is 27.3. The first-order chi connectivity index (χ1) is 17.2. The number of hydrogen-bond acceptors (Lipinski definition) is 9. The highest BCUT2D eigenvalue weighted by molar-refractivity contribution is 8.14. The third kappa shape index (κ3) is 6.66. The molecule has 1 saturated heterocycles. The molecule has 0 aliphatic carbocycles. The van der Waals surface area contributed by atoms with Gasteiger partial charge in [-0.15, -0.1) is 11.3 Å². The molecule has 0 unspecified atom stereocenters. The minimum absolute atomic E-state index is 0.0298. The van der Waals surface area contributed by atoms with Crippen molar-refractivity contribution in [2.24, 2.45) is 0 Å². The van der Waals surface area contributed by atoms with E-state index in [0.717, 1.165) is 22.3 Å². The summed E-state index contributed by atoms with van der Waals surface area (Å²) in [4.78, 5) is 57.6. The number of hydrogen-bond donors (Lipinski definition) is 1. The summed E-state index contributed by atoms with van der Waals surface area (Å²) in [5.74, 6) is 0.329. The van der Waals surface area contributed by atoms with Crippen molar-refractivity contribution in [3.63, 3.8) is 0 Å². The summed E-state index contributed by atoms with van der Waals surface area (Å²) in [6, 6.07) is -0.748. The number of carbonyl (C=O) groups is 4. The van der Waals surface area contributed by atoms with Crippen molar-refractivity contribution in [3.05, 3.63) is 48.4 Å². The number of nitrogens with one attached hydrogen (secondary N) is 1. The van der Waals surface area contributed by atoms with Crippen LogP contribution in [0, 0.1) is 0 Å². The van der Waals surface area contributed by atoms with Gasteiger partial charge in [-0.2, -0.15) is 0 Å². The van der Waals surface area contributed by atoms with Gasteiger partial charge in [0.2, 0.25) is 5.91 Å². The number of carbonyl (C=O) groups excluding carboxylic acids is 4. The Kier molecular flexibility index (Phi) is 9.53. The third-order valence-electron chi connectivity index (χ3n) is 5.34. The molecular formula is C23H29N5O6S2. The quantitative estimate of drug-likeness (QED) is 0.461. The van der Waals surface area contributed by atoms with E-state index in [2.05, 4.69) is 23.5 Å². The lowest BCUT2D eigenvalue weighted by molar-refractivity contribution is -0.134. The number of aromatic nitrogens is 2.